The Hall–Kier alpha value is -2.58. The monoisotopic (exact) mass is 415 g/mol. The maximum atomic E-state index is 12.7. The fraction of sp³-hybridized carbons (Fsp3) is 0.545. The van der Waals surface area contributed by atoms with Crippen LogP contribution in [0.5, 0.6) is 11.5 Å². The van der Waals surface area contributed by atoms with Crippen LogP contribution in [-0.4, -0.2) is 71.6 Å². The molecule has 4 aliphatic rings. The van der Waals surface area contributed by atoms with Crippen molar-refractivity contribution in [2.45, 2.75) is 54.9 Å². The van der Waals surface area contributed by atoms with Gasteiger partial charge in [0.2, 0.25) is 0 Å². The fourth-order valence-corrected chi connectivity index (χ4v) is 6.41. The molecule has 5 rings (SSSR count). The Morgan fingerprint density at radius 1 is 1.30 bits per heavy atom. The lowest BCUT2D eigenvalue weighted by Gasteiger charge is -2.64. The summed E-state index contributed by atoms with van der Waals surface area (Å²) in [6.45, 7) is 0.775. The Bertz CT molecular complexity index is 959. The minimum Gasteiger partial charge on any atom is -0.493 e. The molecule has 1 saturated carbocycles. The van der Waals surface area contributed by atoms with Gasteiger partial charge in [0.15, 0.2) is 11.5 Å². The molecule has 2 heterocycles. The van der Waals surface area contributed by atoms with E-state index in [0.717, 1.165) is 29.8 Å². The molecular formula is C22H25NO7. The fourth-order valence-electron chi connectivity index (χ4n) is 6.41. The molecule has 2 bridgehead atoms. The number of aliphatic carboxylic acids is 1. The summed E-state index contributed by atoms with van der Waals surface area (Å²) in [5.41, 5.74) is 0.470. The summed E-state index contributed by atoms with van der Waals surface area (Å²) in [4.78, 5) is 25.8. The summed E-state index contributed by atoms with van der Waals surface area (Å²) in [5, 5.41) is 19.8. The van der Waals surface area contributed by atoms with Crippen LogP contribution in [-0.2, 0) is 26.2 Å². The Morgan fingerprint density at radius 2 is 2.10 bits per heavy atom. The smallest absolute Gasteiger partial charge is 0.331 e. The van der Waals surface area contributed by atoms with Crippen molar-refractivity contribution in [2.24, 2.45) is 0 Å². The van der Waals surface area contributed by atoms with Gasteiger partial charge in [-0.2, -0.15) is 0 Å². The number of esters is 1. The lowest BCUT2D eigenvalue weighted by molar-refractivity contribution is -0.224. The van der Waals surface area contributed by atoms with E-state index in [0.29, 0.717) is 37.2 Å². The number of nitrogens with zero attached hydrogens (tertiary/aromatic N) is 1. The summed E-state index contributed by atoms with van der Waals surface area (Å²) in [5.74, 6) is -0.660. The topological polar surface area (TPSA) is 106 Å². The number of carbonyl (C=O) groups is 2. The molecule has 1 unspecified atom stereocenters. The van der Waals surface area contributed by atoms with Gasteiger partial charge in [0.05, 0.1) is 24.7 Å². The summed E-state index contributed by atoms with van der Waals surface area (Å²) >= 11 is 0. The van der Waals surface area contributed by atoms with E-state index in [2.05, 4.69) is 4.90 Å². The van der Waals surface area contributed by atoms with Gasteiger partial charge in [-0.15, -0.1) is 0 Å². The predicted octanol–water partition coefficient (Wildman–Crippen LogP) is 1.03. The molecule has 5 atom stereocenters. The van der Waals surface area contributed by atoms with Gasteiger partial charge in [0, 0.05) is 17.7 Å². The summed E-state index contributed by atoms with van der Waals surface area (Å²) < 4.78 is 18.1. The maximum Gasteiger partial charge on any atom is 0.331 e. The molecule has 2 aliphatic heterocycles. The molecule has 1 saturated heterocycles. The number of carboxylic acid groups (broad SMARTS) is 1. The van der Waals surface area contributed by atoms with Crippen LogP contribution >= 0.6 is 0 Å². The molecule has 1 spiro atoms. The van der Waals surface area contributed by atoms with E-state index < -0.39 is 35.2 Å². The van der Waals surface area contributed by atoms with Crippen LogP contribution in [0.15, 0.2) is 24.3 Å². The van der Waals surface area contributed by atoms with Gasteiger partial charge in [-0.25, -0.2) is 9.59 Å². The number of hydrogen-bond donors (Lipinski definition) is 2. The third-order valence-corrected chi connectivity index (χ3v) is 7.51. The first-order valence-electron chi connectivity index (χ1n) is 10.2. The Labute approximate surface area is 174 Å². The molecule has 1 aromatic rings. The number of benzene rings is 1. The minimum absolute atomic E-state index is 0.0983. The maximum absolute atomic E-state index is 12.7. The van der Waals surface area contributed by atoms with Crippen LogP contribution < -0.4 is 9.47 Å². The van der Waals surface area contributed by atoms with E-state index in [1.165, 1.54) is 0 Å². The second kappa shape index (κ2) is 6.46. The highest BCUT2D eigenvalue weighted by Crippen LogP contribution is 2.66. The van der Waals surface area contributed by atoms with E-state index in [1.807, 2.05) is 19.2 Å². The number of likely N-dealkylation sites (N-methyl/N-ethyl adjacent to an activating group) is 1. The average molecular weight is 415 g/mol. The largest absolute Gasteiger partial charge is 0.493 e. The molecule has 2 aliphatic carbocycles. The Kier molecular flexibility index (Phi) is 4.17. The van der Waals surface area contributed by atoms with Gasteiger partial charge in [-0.3, -0.25) is 4.90 Å². The molecule has 8 heteroatoms. The van der Waals surface area contributed by atoms with Gasteiger partial charge in [0.1, 0.15) is 11.7 Å². The van der Waals surface area contributed by atoms with Crippen LogP contribution in [0.3, 0.4) is 0 Å². The lowest BCUT2D eigenvalue weighted by atomic mass is 9.48. The molecule has 0 amide bonds. The first-order valence-corrected chi connectivity index (χ1v) is 10.2. The van der Waals surface area contributed by atoms with Crippen molar-refractivity contribution in [1.82, 2.24) is 4.90 Å². The molecule has 0 radical (unpaired) electrons. The third-order valence-electron chi connectivity index (χ3n) is 7.51. The number of methoxy groups -OCH3 is 1. The second-order valence-corrected chi connectivity index (χ2v) is 8.68. The predicted molar refractivity (Wildman–Crippen MR) is 105 cm³/mol. The van der Waals surface area contributed by atoms with Crippen molar-refractivity contribution in [2.75, 3.05) is 20.7 Å². The quantitative estimate of drug-likeness (QED) is 0.555. The van der Waals surface area contributed by atoms with E-state index in [4.69, 9.17) is 19.3 Å². The van der Waals surface area contributed by atoms with Crippen molar-refractivity contribution >= 4 is 11.9 Å². The molecule has 8 nitrogen and oxygen atoms in total. The van der Waals surface area contributed by atoms with Crippen molar-refractivity contribution in [1.29, 1.82) is 0 Å². The van der Waals surface area contributed by atoms with Crippen LogP contribution in [0.25, 0.3) is 0 Å². The van der Waals surface area contributed by atoms with E-state index in [1.54, 1.807) is 7.11 Å². The zero-order valence-corrected chi connectivity index (χ0v) is 17.0. The number of carbonyl (C=O) groups excluding carboxylic acids is 1. The van der Waals surface area contributed by atoms with Crippen molar-refractivity contribution in [3.63, 3.8) is 0 Å². The van der Waals surface area contributed by atoms with E-state index in [9.17, 15) is 14.7 Å². The number of piperidine rings is 1. The highest BCUT2D eigenvalue weighted by molar-refractivity contribution is 5.91. The normalized spacial score (nSPS) is 36.2. The first-order chi connectivity index (χ1) is 14.3. The van der Waals surface area contributed by atoms with Crippen molar-refractivity contribution < 1.29 is 34.0 Å². The first kappa shape index (κ1) is 19.4. The van der Waals surface area contributed by atoms with Crippen LogP contribution in [0, 0.1) is 0 Å². The van der Waals surface area contributed by atoms with Crippen LogP contribution in [0.2, 0.25) is 0 Å². The highest BCUT2D eigenvalue weighted by Gasteiger charge is 2.75. The average Bonchev–Trinajstić information content (AvgIpc) is 3.07. The van der Waals surface area contributed by atoms with E-state index in [-0.39, 0.29) is 6.04 Å². The van der Waals surface area contributed by atoms with Gasteiger partial charge in [-0.1, -0.05) is 6.07 Å². The third kappa shape index (κ3) is 2.29. The lowest BCUT2D eigenvalue weighted by Crippen LogP contribution is -2.77. The number of aliphatic hydroxyl groups excluding tert-OH is 1. The van der Waals surface area contributed by atoms with Gasteiger partial charge < -0.3 is 24.4 Å². The van der Waals surface area contributed by atoms with Crippen LogP contribution in [0.4, 0.5) is 0 Å². The summed E-state index contributed by atoms with van der Waals surface area (Å²) in [6, 6.07) is 3.83. The summed E-state index contributed by atoms with van der Waals surface area (Å²) in [6.07, 6.45) is 2.74. The number of aliphatic hydroxyl groups is 1. The van der Waals surface area contributed by atoms with Crippen molar-refractivity contribution in [3.05, 3.63) is 35.4 Å². The molecule has 1 aromatic carbocycles. The summed E-state index contributed by atoms with van der Waals surface area (Å²) in [7, 11) is 3.60. The molecule has 2 N–H and O–H groups in total. The zero-order chi connectivity index (χ0) is 21.3. The van der Waals surface area contributed by atoms with Gasteiger partial charge >= 0.3 is 11.9 Å². The Morgan fingerprint density at radius 3 is 2.83 bits per heavy atom. The number of hydrogen-bond acceptors (Lipinski definition) is 7. The number of carboxylic acids is 1. The highest BCUT2D eigenvalue weighted by atomic mass is 16.6. The van der Waals surface area contributed by atoms with Crippen LogP contribution in [0.1, 0.15) is 30.4 Å². The molecule has 2 fully saturated rings. The van der Waals surface area contributed by atoms with Crippen molar-refractivity contribution in [3.8, 4) is 11.5 Å². The Balaban J connectivity index is 1.72. The minimum atomic E-state index is -1.21. The van der Waals surface area contributed by atoms with Gasteiger partial charge in [-0.05, 0) is 50.9 Å². The number of likely N-dealkylation sites (tertiary alicyclic amines) is 1. The second-order valence-electron chi connectivity index (χ2n) is 8.68. The standard InChI is InChI=1S/C22H25NO7/c1-23-10-9-21-18-12-3-4-14(28-2)19(18)29-20(21)13(24)7-8-22(21,15(23)11-12)30-17(27)6-5-16(25)26/h3-6,13,15,20,24H,7-11H2,1-2H3,(H,25,26)/b6-5-/t13?,15-,20-,21-,22+/m0/s1. The molecule has 30 heavy (non-hydrogen) atoms. The zero-order valence-electron chi connectivity index (χ0n) is 17.0. The van der Waals surface area contributed by atoms with E-state index >= 15 is 0 Å². The SMILES string of the molecule is COc1ccc2c3c1O[C@H]1C(O)CC[C@@]4(OC(=O)/C=C\C(=O)O)[C@H](C2)N(C)CC[C@]314. The number of rotatable bonds is 4. The molecule has 160 valence electrons. The molecular weight excluding hydrogens is 390 g/mol. The number of ether oxygens (including phenoxy) is 3. The van der Waals surface area contributed by atoms with Gasteiger partial charge in [0.25, 0.3) is 0 Å². The molecule has 0 aromatic heterocycles.